The number of carbonyl (C=O) groups excluding carboxylic acids is 1. The number of carbonyl (C=O) groups is 1. The summed E-state index contributed by atoms with van der Waals surface area (Å²) >= 11 is 11.8. The van der Waals surface area contributed by atoms with Gasteiger partial charge in [-0.05, 0) is 49.2 Å². The molecule has 1 amide bonds. The van der Waals surface area contributed by atoms with Gasteiger partial charge in [-0.1, -0.05) is 30.1 Å². The number of amides is 1. The molecule has 5 nitrogen and oxygen atoms in total. The molecule has 0 heterocycles. The molecule has 0 aromatic heterocycles. The summed E-state index contributed by atoms with van der Waals surface area (Å²) in [5.41, 5.74) is 3.04. The topological polar surface area (TPSA) is 70.9 Å². The van der Waals surface area contributed by atoms with Crippen molar-refractivity contribution in [1.29, 1.82) is 0 Å². The van der Waals surface area contributed by atoms with Crippen molar-refractivity contribution >= 4 is 34.8 Å². The van der Waals surface area contributed by atoms with Crippen LogP contribution in [0.25, 0.3) is 0 Å². The summed E-state index contributed by atoms with van der Waals surface area (Å²) in [6.07, 6.45) is 1.04. The molecule has 0 aliphatic heterocycles. The van der Waals surface area contributed by atoms with Gasteiger partial charge in [-0.3, -0.25) is 4.79 Å². The van der Waals surface area contributed by atoms with Crippen molar-refractivity contribution in [2.75, 3.05) is 6.61 Å². The van der Waals surface area contributed by atoms with E-state index in [0.29, 0.717) is 41.0 Å². The molecular weight excluding hydrogens is 394 g/mol. The Balaban J connectivity index is 1.84. The first-order valence-electron chi connectivity index (χ1n) is 8.32. The number of halogens is 3. The smallest absolute Gasteiger partial charge is 0.240 e. The SMILES string of the molecule is CC/C(=N\NC(=O)CCCOc1ccc(Cl)cc1Cl)c1cc(F)ccc1O. The highest BCUT2D eigenvalue weighted by molar-refractivity contribution is 6.35. The molecular formula is C19H19Cl2FN2O3. The highest BCUT2D eigenvalue weighted by Crippen LogP contribution is 2.27. The van der Waals surface area contributed by atoms with Crippen LogP contribution in [0.5, 0.6) is 11.5 Å². The minimum atomic E-state index is -0.492. The van der Waals surface area contributed by atoms with E-state index in [1.165, 1.54) is 12.1 Å². The van der Waals surface area contributed by atoms with E-state index in [1.54, 1.807) is 25.1 Å². The lowest BCUT2D eigenvalue weighted by Crippen LogP contribution is -2.20. The number of aromatic hydroxyl groups is 1. The summed E-state index contributed by atoms with van der Waals surface area (Å²) in [5.74, 6) is -0.412. The van der Waals surface area contributed by atoms with Crippen LogP contribution in [0.4, 0.5) is 4.39 Å². The Morgan fingerprint density at radius 3 is 2.74 bits per heavy atom. The van der Waals surface area contributed by atoms with E-state index >= 15 is 0 Å². The number of hydrogen-bond acceptors (Lipinski definition) is 4. The summed E-state index contributed by atoms with van der Waals surface area (Å²) in [6, 6.07) is 8.47. The molecule has 27 heavy (non-hydrogen) atoms. The van der Waals surface area contributed by atoms with Crippen LogP contribution < -0.4 is 10.2 Å². The van der Waals surface area contributed by atoms with E-state index in [4.69, 9.17) is 27.9 Å². The molecule has 144 valence electrons. The first-order chi connectivity index (χ1) is 12.9. The molecule has 2 aromatic rings. The fraction of sp³-hybridized carbons (Fsp3) is 0.263. The first kappa shape index (κ1) is 21.0. The number of phenolic OH excluding ortho intramolecular Hbond substituents is 1. The van der Waals surface area contributed by atoms with Gasteiger partial charge in [0.15, 0.2) is 0 Å². The van der Waals surface area contributed by atoms with Crippen molar-refractivity contribution in [3.8, 4) is 11.5 Å². The minimum Gasteiger partial charge on any atom is -0.507 e. The molecule has 0 saturated heterocycles. The van der Waals surface area contributed by atoms with E-state index in [9.17, 15) is 14.3 Å². The summed E-state index contributed by atoms with van der Waals surface area (Å²) < 4.78 is 18.9. The third-order valence-electron chi connectivity index (χ3n) is 3.62. The second-order valence-electron chi connectivity index (χ2n) is 5.64. The van der Waals surface area contributed by atoms with Gasteiger partial charge in [0.25, 0.3) is 0 Å². The molecule has 0 spiro atoms. The fourth-order valence-electron chi connectivity index (χ4n) is 2.26. The molecule has 0 saturated carbocycles. The van der Waals surface area contributed by atoms with E-state index in [2.05, 4.69) is 10.5 Å². The highest BCUT2D eigenvalue weighted by atomic mass is 35.5. The van der Waals surface area contributed by atoms with Crippen LogP contribution in [0.1, 0.15) is 31.7 Å². The van der Waals surface area contributed by atoms with E-state index in [-0.39, 0.29) is 23.6 Å². The summed E-state index contributed by atoms with van der Waals surface area (Å²) in [4.78, 5) is 11.9. The van der Waals surface area contributed by atoms with E-state index in [1.807, 2.05) is 0 Å². The molecule has 0 aliphatic carbocycles. The minimum absolute atomic E-state index is 0.0977. The molecule has 8 heteroatoms. The standard InChI is InChI=1S/C19H19Cl2FN2O3/c1-2-16(14-11-13(22)6-7-17(14)25)23-24-19(26)4-3-9-27-18-8-5-12(20)10-15(18)21/h5-8,10-11,25H,2-4,9H2,1H3,(H,24,26)/b23-16+. The highest BCUT2D eigenvalue weighted by Gasteiger charge is 2.10. The van der Waals surface area contributed by atoms with Crippen LogP contribution in [0, 0.1) is 5.82 Å². The number of nitrogens with one attached hydrogen (secondary N) is 1. The van der Waals surface area contributed by atoms with Gasteiger partial charge >= 0.3 is 0 Å². The fourth-order valence-corrected chi connectivity index (χ4v) is 2.73. The molecule has 2 aromatic carbocycles. The third-order valence-corrected chi connectivity index (χ3v) is 4.15. The molecule has 0 fully saturated rings. The monoisotopic (exact) mass is 412 g/mol. The molecule has 0 bridgehead atoms. The molecule has 0 aliphatic rings. The lowest BCUT2D eigenvalue weighted by molar-refractivity contribution is -0.121. The number of hydrogen-bond donors (Lipinski definition) is 2. The zero-order chi connectivity index (χ0) is 19.8. The summed E-state index contributed by atoms with van der Waals surface area (Å²) in [6.45, 7) is 2.09. The Morgan fingerprint density at radius 2 is 2.04 bits per heavy atom. The van der Waals surface area contributed by atoms with E-state index in [0.717, 1.165) is 6.07 Å². The van der Waals surface area contributed by atoms with Crippen LogP contribution in [-0.4, -0.2) is 23.3 Å². The molecule has 0 unspecified atom stereocenters. The maximum Gasteiger partial charge on any atom is 0.240 e. The third kappa shape index (κ3) is 6.41. The maximum absolute atomic E-state index is 13.4. The largest absolute Gasteiger partial charge is 0.507 e. The van der Waals surface area contributed by atoms with Gasteiger partial charge in [-0.25, -0.2) is 9.82 Å². The number of phenols is 1. The lowest BCUT2D eigenvalue weighted by atomic mass is 10.1. The first-order valence-corrected chi connectivity index (χ1v) is 9.08. The zero-order valence-electron chi connectivity index (χ0n) is 14.6. The predicted octanol–water partition coefficient (Wildman–Crippen LogP) is 4.93. The summed E-state index contributed by atoms with van der Waals surface area (Å²) in [7, 11) is 0. The van der Waals surface area contributed by atoms with Crippen LogP contribution in [0.3, 0.4) is 0 Å². The molecule has 0 atom stereocenters. The maximum atomic E-state index is 13.4. The zero-order valence-corrected chi connectivity index (χ0v) is 16.1. The predicted molar refractivity (Wildman–Crippen MR) is 104 cm³/mol. The molecule has 2 rings (SSSR count). The quantitative estimate of drug-likeness (QED) is 0.366. The average molecular weight is 413 g/mol. The van der Waals surface area contributed by atoms with Crippen molar-refractivity contribution in [1.82, 2.24) is 5.43 Å². The van der Waals surface area contributed by atoms with Crippen LogP contribution >= 0.6 is 23.2 Å². The van der Waals surface area contributed by atoms with Crippen molar-refractivity contribution in [2.24, 2.45) is 5.10 Å². The van der Waals surface area contributed by atoms with Gasteiger partial charge in [0, 0.05) is 17.0 Å². The van der Waals surface area contributed by atoms with Crippen molar-refractivity contribution in [3.05, 3.63) is 57.8 Å². The second kappa shape index (κ2) is 10.1. The second-order valence-corrected chi connectivity index (χ2v) is 6.48. The normalized spacial score (nSPS) is 11.3. The van der Waals surface area contributed by atoms with Crippen LogP contribution in [-0.2, 0) is 4.79 Å². The lowest BCUT2D eigenvalue weighted by Gasteiger charge is -2.09. The van der Waals surface area contributed by atoms with Crippen molar-refractivity contribution in [3.63, 3.8) is 0 Å². The Hall–Kier alpha value is -2.31. The number of ether oxygens (including phenoxy) is 1. The molecule has 2 N–H and O–H groups in total. The average Bonchev–Trinajstić information content (AvgIpc) is 2.63. The van der Waals surface area contributed by atoms with E-state index < -0.39 is 5.82 Å². The van der Waals surface area contributed by atoms with Crippen LogP contribution in [0.2, 0.25) is 10.0 Å². The number of rotatable bonds is 8. The number of benzene rings is 2. The van der Waals surface area contributed by atoms with Crippen molar-refractivity contribution in [2.45, 2.75) is 26.2 Å². The van der Waals surface area contributed by atoms with Crippen LogP contribution in [0.15, 0.2) is 41.5 Å². The number of nitrogens with zero attached hydrogens (tertiary/aromatic N) is 1. The summed E-state index contributed by atoms with van der Waals surface area (Å²) in [5, 5.41) is 14.7. The Kier molecular flexibility index (Phi) is 7.88. The number of hydrazone groups is 1. The molecule has 0 radical (unpaired) electrons. The van der Waals surface area contributed by atoms with Gasteiger partial charge in [-0.2, -0.15) is 5.10 Å². The van der Waals surface area contributed by atoms with Gasteiger partial charge in [0.2, 0.25) is 5.91 Å². The van der Waals surface area contributed by atoms with Gasteiger partial charge in [0.05, 0.1) is 17.3 Å². The van der Waals surface area contributed by atoms with Gasteiger partial charge in [-0.15, -0.1) is 0 Å². The van der Waals surface area contributed by atoms with Gasteiger partial charge in [0.1, 0.15) is 17.3 Å². The Morgan fingerprint density at radius 1 is 1.26 bits per heavy atom. The van der Waals surface area contributed by atoms with Gasteiger partial charge < -0.3 is 9.84 Å². The Bertz CT molecular complexity index is 844. The Labute approximate surface area is 166 Å². The van der Waals surface area contributed by atoms with Crippen molar-refractivity contribution < 1.29 is 19.0 Å².